The van der Waals surface area contributed by atoms with E-state index in [-0.39, 0.29) is 6.04 Å². The molecule has 31 heavy (non-hydrogen) atoms. The number of aromatic nitrogens is 1. The van der Waals surface area contributed by atoms with E-state index in [0.717, 1.165) is 27.7 Å². The summed E-state index contributed by atoms with van der Waals surface area (Å²) in [6, 6.07) is 19.9. The Balaban J connectivity index is 1.60. The van der Waals surface area contributed by atoms with Gasteiger partial charge in [-0.3, -0.25) is 4.90 Å². The molecule has 1 amide bonds. The standard InChI is InChI=1S/C24H17Cl3N2O2/c25-15-7-5-14(6-8-15)23-22-17(18-13-16(26)9-10-20(18)28-22)11-12-29(23)24(30)31-21-4-2-1-3-19(21)27/h1-10,13,23,28H,11-12H2. The number of para-hydroxylation sites is 1. The topological polar surface area (TPSA) is 45.3 Å². The van der Waals surface area contributed by atoms with Crippen LogP contribution >= 0.6 is 34.8 Å². The third kappa shape index (κ3) is 3.76. The lowest BCUT2D eigenvalue weighted by Crippen LogP contribution is -2.42. The van der Waals surface area contributed by atoms with Crippen molar-refractivity contribution in [3.05, 3.63) is 98.6 Å². The van der Waals surface area contributed by atoms with E-state index in [1.807, 2.05) is 42.5 Å². The van der Waals surface area contributed by atoms with Crippen molar-refractivity contribution in [2.24, 2.45) is 0 Å². The number of hydrogen-bond acceptors (Lipinski definition) is 2. The zero-order valence-corrected chi connectivity index (χ0v) is 18.5. The minimum absolute atomic E-state index is 0.332. The van der Waals surface area contributed by atoms with Gasteiger partial charge in [0.15, 0.2) is 5.75 Å². The molecule has 1 N–H and O–H groups in total. The molecule has 1 aliphatic heterocycles. The summed E-state index contributed by atoms with van der Waals surface area (Å²) in [5.41, 5.74) is 4.01. The number of fused-ring (bicyclic) bond motifs is 3. The fraction of sp³-hybridized carbons (Fsp3) is 0.125. The molecular formula is C24H17Cl3N2O2. The zero-order valence-electron chi connectivity index (χ0n) is 16.2. The van der Waals surface area contributed by atoms with Crippen LogP contribution in [0.5, 0.6) is 5.75 Å². The highest BCUT2D eigenvalue weighted by atomic mass is 35.5. The Morgan fingerprint density at radius 1 is 0.968 bits per heavy atom. The molecule has 0 radical (unpaired) electrons. The third-order valence-electron chi connectivity index (χ3n) is 5.54. The highest BCUT2D eigenvalue weighted by Crippen LogP contribution is 2.40. The summed E-state index contributed by atoms with van der Waals surface area (Å²) in [6.07, 6.45) is 0.215. The predicted molar refractivity (Wildman–Crippen MR) is 124 cm³/mol. The molecule has 4 aromatic rings. The first-order valence-electron chi connectivity index (χ1n) is 9.80. The lowest BCUT2D eigenvalue weighted by molar-refractivity contribution is 0.135. The molecule has 1 unspecified atom stereocenters. The van der Waals surface area contributed by atoms with E-state index in [1.165, 1.54) is 0 Å². The van der Waals surface area contributed by atoms with Gasteiger partial charge in [0, 0.05) is 33.2 Å². The largest absolute Gasteiger partial charge is 0.416 e. The molecule has 0 bridgehead atoms. The van der Waals surface area contributed by atoms with Crippen molar-refractivity contribution in [2.75, 3.05) is 6.54 Å². The Kier molecular flexibility index (Phi) is 5.30. The molecule has 0 aliphatic carbocycles. The number of carbonyl (C=O) groups excluding carboxylic acids is 1. The summed E-state index contributed by atoms with van der Waals surface area (Å²) >= 11 is 18.6. The van der Waals surface area contributed by atoms with Crippen LogP contribution in [0, 0.1) is 0 Å². The number of nitrogens with zero attached hydrogens (tertiary/aromatic N) is 1. The molecule has 1 aromatic heterocycles. The van der Waals surface area contributed by atoms with E-state index < -0.39 is 6.09 Å². The number of amides is 1. The zero-order chi connectivity index (χ0) is 21.5. The number of hydrogen-bond donors (Lipinski definition) is 1. The van der Waals surface area contributed by atoms with Crippen LogP contribution in [0.15, 0.2) is 66.7 Å². The Morgan fingerprint density at radius 3 is 2.48 bits per heavy atom. The summed E-state index contributed by atoms with van der Waals surface area (Å²) in [6.45, 7) is 0.489. The van der Waals surface area contributed by atoms with Gasteiger partial charge in [0.25, 0.3) is 0 Å². The van der Waals surface area contributed by atoms with E-state index in [2.05, 4.69) is 4.98 Å². The van der Waals surface area contributed by atoms with Gasteiger partial charge in [-0.15, -0.1) is 0 Å². The first kappa shape index (κ1) is 20.3. The SMILES string of the molecule is O=C(Oc1ccccc1Cl)N1CCc2c([nH]c3ccc(Cl)cc23)C1c1ccc(Cl)cc1. The van der Waals surface area contributed by atoms with Crippen molar-refractivity contribution in [3.8, 4) is 5.75 Å². The van der Waals surface area contributed by atoms with Crippen LogP contribution in [-0.4, -0.2) is 22.5 Å². The first-order valence-corrected chi connectivity index (χ1v) is 10.9. The van der Waals surface area contributed by atoms with Gasteiger partial charge in [0.05, 0.1) is 5.02 Å². The maximum Gasteiger partial charge on any atom is 0.416 e. The Hall–Kier alpha value is -2.66. The van der Waals surface area contributed by atoms with Crippen molar-refractivity contribution >= 4 is 51.8 Å². The second-order valence-electron chi connectivity index (χ2n) is 7.40. The minimum atomic E-state index is -0.463. The van der Waals surface area contributed by atoms with Crippen LogP contribution in [0.25, 0.3) is 10.9 Å². The highest BCUT2D eigenvalue weighted by Gasteiger charge is 2.35. The van der Waals surface area contributed by atoms with E-state index in [0.29, 0.717) is 33.8 Å². The van der Waals surface area contributed by atoms with Gasteiger partial charge in [-0.25, -0.2) is 4.79 Å². The van der Waals surface area contributed by atoms with Crippen LogP contribution in [0.3, 0.4) is 0 Å². The molecule has 4 nitrogen and oxygen atoms in total. The summed E-state index contributed by atoms with van der Waals surface area (Å²) in [5.74, 6) is 0.332. The molecule has 1 aliphatic rings. The fourth-order valence-electron chi connectivity index (χ4n) is 4.13. The molecule has 1 atom stereocenters. The second-order valence-corrected chi connectivity index (χ2v) is 8.68. The van der Waals surface area contributed by atoms with Crippen LogP contribution < -0.4 is 4.74 Å². The lowest BCUT2D eigenvalue weighted by Gasteiger charge is -2.35. The van der Waals surface area contributed by atoms with Gasteiger partial charge in [0.1, 0.15) is 6.04 Å². The van der Waals surface area contributed by atoms with Crippen molar-refractivity contribution in [1.29, 1.82) is 0 Å². The maximum absolute atomic E-state index is 13.2. The summed E-state index contributed by atoms with van der Waals surface area (Å²) < 4.78 is 5.66. The number of carbonyl (C=O) groups is 1. The number of halogens is 3. The van der Waals surface area contributed by atoms with Crippen LogP contribution in [0.2, 0.25) is 15.1 Å². The Labute approximate surface area is 194 Å². The number of ether oxygens (including phenoxy) is 1. The summed E-state index contributed by atoms with van der Waals surface area (Å²) in [4.78, 5) is 18.4. The molecule has 5 rings (SSSR count). The third-order valence-corrected chi connectivity index (χ3v) is 6.34. The molecular weight excluding hydrogens is 455 g/mol. The first-order chi connectivity index (χ1) is 15.0. The molecule has 0 fully saturated rings. The van der Waals surface area contributed by atoms with Crippen molar-refractivity contribution in [1.82, 2.24) is 9.88 Å². The van der Waals surface area contributed by atoms with E-state index in [9.17, 15) is 4.79 Å². The van der Waals surface area contributed by atoms with E-state index >= 15 is 0 Å². The van der Waals surface area contributed by atoms with Gasteiger partial charge >= 0.3 is 6.09 Å². The lowest BCUT2D eigenvalue weighted by atomic mass is 9.93. The van der Waals surface area contributed by atoms with Crippen LogP contribution in [0.1, 0.15) is 22.9 Å². The molecule has 3 aromatic carbocycles. The normalized spacial score (nSPS) is 15.7. The maximum atomic E-state index is 13.2. The predicted octanol–water partition coefficient (Wildman–Crippen LogP) is 7.27. The molecule has 2 heterocycles. The number of H-pyrrole nitrogens is 1. The molecule has 0 saturated carbocycles. The van der Waals surface area contributed by atoms with Gasteiger partial charge < -0.3 is 9.72 Å². The van der Waals surface area contributed by atoms with Crippen molar-refractivity contribution in [2.45, 2.75) is 12.5 Å². The molecule has 0 spiro atoms. The smallest absolute Gasteiger partial charge is 0.409 e. The van der Waals surface area contributed by atoms with Gasteiger partial charge in [-0.1, -0.05) is 59.1 Å². The molecule has 156 valence electrons. The quantitative estimate of drug-likeness (QED) is 0.334. The number of benzene rings is 3. The second kappa shape index (κ2) is 8.12. The Morgan fingerprint density at radius 2 is 1.71 bits per heavy atom. The number of nitrogens with one attached hydrogen (secondary N) is 1. The summed E-state index contributed by atoms with van der Waals surface area (Å²) in [7, 11) is 0. The number of rotatable bonds is 2. The van der Waals surface area contributed by atoms with Crippen molar-refractivity contribution in [3.63, 3.8) is 0 Å². The average Bonchev–Trinajstić information content (AvgIpc) is 3.13. The minimum Gasteiger partial charge on any atom is -0.409 e. The van der Waals surface area contributed by atoms with Gasteiger partial charge in [0.2, 0.25) is 0 Å². The molecule has 0 saturated heterocycles. The Bertz CT molecular complexity index is 1280. The van der Waals surface area contributed by atoms with Crippen LogP contribution in [0.4, 0.5) is 4.79 Å². The van der Waals surface area contributed by atoms with Crippen molar-refractivity contribution < 1.29 is 9.53 Å². The monoisotopic (exact) mass is 470 g/mol. The van der Waals surface area contributed by atoms with E-state index in [1.54, 1.807) is 29.2 Å². The van der Waals surface area contributed by atoms with Gasteiger partial charge in [-0.05, 0) is 60.0 Å². The van der Waals surface area contributed by atoms with E-state index in [4.69, 9.17) is 39.5 Å². The fourth-order valence-corrected chi connectivity index (χ4v) is 4.60. The summed E-state index contributed by atoms with van der Waals surface area (Å²) in [5, 5.41) is 2.77. The molecule has 7 heteroatoms. The van der Waals surface area contributed by atoms with Gasteiger partial charge in [-0.2, -0.15) is 0 Å². The highest BCUT2D eigenvalue weighted by molar-refractivity contribution is 6.32. The average molecular weight is 472 g/mol. The van der Waals surface area contributed by atoms with Crippen LogP contribution in [-0.2, 0) is 6.42 Å². The number of aromatic amines is 1.